The number of methoxy groups -OCH3 is 1. The third-order valence-corrected chi connectivity index (χ3v) is 3.28. The van der Waals surface area contributed by atoms with Crippen LogP contribution in [0.3, 0.4) is 0 Å². The predicted molar refractivity (Wildman–Crippen MR) is 74.1 cm³/mol. The van der Waals surface area contributed by atoms with Crippen molar-refractivity contribution >= 4 is 15.9 Å². The van der Waals surface area contributed by atoms with Crippen LogP contribution in [0.25, 0.3) is 0 Å². The maximum atomic E-state index is 10.2. The van der Waals surface area contributed by atoms with E-state index in [4.69, 9.17) is 4.74 Å². The van der Waals surface area contributed by atoms with Crippen molar-refractivity contribution in [3.05, 3.63) is 34.3 Å². The molecule has 2 nitrogen and oxygen atoms in total. The zero-order valence-corrected chi connectivity index (χ0v) is 12.5. The van der Waals surface area contributed by atoms with E-state index in [2.05, 4.69) is 36.7 Å². The Hall–Kier alpha value is -0.380. The summed E-state index contributed by atoms with van der Waals surface area (Å²) in [5.41, 5.74) is 1.04. The third-order valence-electron chi connectivity index (χ3n) is 2.79. The molecule has 17 heavy (non-hydrogen) atoms. The summed E-state index contributed by atoms with van der Waals surface area (Å²) < 4.78 is 6.45. The van der Waals surface area contributed by atoms with Gasteiger partial charge >= 0.3 is 0 Å². The van der Waals surface area contributed by atoms with Gasteiger partial charge in [-0.05, 0) is 23.1 Å². The zero-order valence-electron chi connectivity index (χ0n) is 10.9. The van der Waals surface area contributed by atoms with Gasteiger partial charge in [0.1, 0.15) is 0 Å². The Bertz CT molecular complexity index is 357. The van der Waals surface area contributed by atoms with Gasteiger partial charge in [-0.1, -0.05) is 48.8 Å². The first kappa shape index (κ1) is 14.7. The summed E-state index contributed by atoms with van der Waals surface area (Å²) in [4.78, 5) is 0. The van der Waals surface area contributed by atoms with Crippen LogP contribution in [-0.2, 0) is 11.2 Å². The predicted octanol–water partition coefficient (Wildman–Crippen LogP) is 3.41. The molecule has 0 fully saturated rings. The highest BCUT2D eigenvalue weighted by Crippen LogP contribution is 2.26. The van der Waals surface area contributed by atoms with Crippen molar-refractivity contribution in [2.75, 3.05) is 7.11 Å². The first-order valence-corrected chi connectivity index (χ1v) is 6.59. The molecule has 1 rings (SSSR count). The minimum Gasteiger partial charge on any atom is -0.390 e. The maximum Gasteiger partial charge on any atom is 0.0881 e. The van der Waals surface area contributed by atoms with Crippen LogP contribution < -0.4 is 0 Å². The molecule has 0 aliphatic rings. The number of hydrogen-bond acceptors (Lipinski definition) is 2. The smallest absolute Gasteiger partial charge is 0.0881 e. The first-order valence-electron chi connectivity index (χ1n) is 5.80. The zero-order chi connectivity index (χ0) is 13.1. The highest BCUT2D eigenvalue weighted by molar-refractivity contribution is 9.10. The summed E-state index contributed by atoms with van der Waals surface area (Å²) >= 11 is 3.43. The molecule has 0 amide bonds. The van der Waals surface area contributed by atoms with Gasteiger partial charge in [0, 0.05) is 18.0 Å². The topological polar surface area (TPSA) is 29.5 Å². The van der Waals surface area contributed by atoms with Crippen LogP contribution in [0.4, 0.5) is 0 Å². The van der Waals surface area contributed by atoms with Gasteiger partial charge in [-0.15, -0.1) is 0 Å². The van der Waals surface area contributed by atoms with Crippen LogP contribution in [0, 0.1) is 5.41 Å². The van der Waals surface area contributed by atoms with E-state index < -0.39 is 6.10 Å². The molecule has 2 atom stereocenters. The Kier molecular flexibility index (Phi) is 5.17. The molecule has 0 radical (unpaired) electrons. The third kappa shape index (κ3) is 4.41. The molecule has 0 spiro atoms. The minimum atomic E-state index is -0.491. The molecule has 0 bridgehead atoms. The molecule has 0 saturated heterocycles. The molecule has 1 N–H and O–H groups in total. The van der Waals surface area contributed by atoms with Crippen molar-refractivity contribution in [2.45, 2.75) is 39.4 Å². The molecule has 0 aromatic heterocycles. The number of halogens is 1. The Morgan fingerprint density at radius 2 is 2.00 bits per heavy atom. The highest BCUT2D eigenvalue weighted by Gasteiger charge is 2.31. The fraction of sp³-hybridized carbons (Fsp3) is 0.571. The van der Waals surface area contributed by atoms with Crippen LogP contribution in [0.5, 0.6) is 0 Å². The maximum absolute atomic E-state index is 10.2. The van der Waals surface area contributed by atoms with E-state index in [0.29, 0.717) is 6.42 Å². The lowest BCUT2D eigenvalue weighted by molar-refractivity contribution is -0.0699. The van der Waals surface area contributed by atoms with E-state index in [-0.39, 0.29) is 11.5 Å². The van der Waals surface area contributed by atoms with Crippen molar-refractivity contribution in [1.82, 2.24) is 0 Å². The van der Waals surface area contributed by atoms with Gasteiger partial charge in [-0.3, -0.25) is 0 Å². The molecule has 1 aromatic carbocycles. The number of rotatable bonds is 4. The van der Waals surface area contributed by atoms with Crippen molar-refractivity contribution in [1.29, 1.82) is 0 Å². The summed E-state index contributed by atoms with van der Waals surface area (Å²) in [6.07, 6.45) is -0.0503. The summed E-state index contributed by atoms with van der Waals surface area (Å²) in [5.74, 6) is 0. The Morgan fingerprint density at radius 1 is 1.35 bits per heavy atom. The Labute approximate surface area is 112 Å². The van der Waals surface area contributed by atoms with E-state index in [1.807, 2.05) is 24.3 Å². The molecule has 1 aromatic rings. The normalized spacial score (nSPS) is 15.6. The van der Waals surface area contributed by atoms with Crippen LogP contribution in [0.15, 0.2) is 28.7 Å². The number of aliphatic hydroxyl groups is 1. The molecule has 0 heterocycles. The highest BCUT2D eigenvalue weighted by atomic mass is 79.9. The molecule has 0 aliphatic carbocycles. The largest absolute Gasteiger partial charge is 0.390 e. The van der Waals surface area contributed by atoms with Gasteiger partial charge in [0.2, 0.25) is 0 Å². The van der Waals surface area contributed by atoms with Crippen LogP contribution in [0.2, 0.25) is 0 Å². The van der Waals surface area contributed by atoms with Gasteiger partial charge in [0.25, 0.3) is 0 Å². The fourth-order valence-electron chi connectivity index (χ4n) is 2.10. The molecule has 2 unspecified atom stereocenters. The molecular formula is C14H21BrO2. The second-order valence-corrected chi connectivity index (χ2v) is 6.34. The molecule has 0 saturated carbocycles. The summed E-state index contributed by atoms with van der Waals surface area (Å²) in [5, 5.41) is 10.2. The average Bonchev–Trinajstić information content (AvgIpc) is 2.15. The first-order chi connectivity index (χ1) is 7.84. The lowest BCUT2D eigenvalue weighted by atomic mass is 9.84. The number of benzene rings is 1. The van der Waals surface area contributed by atoms with Crippen LogP contribution >= 0.6 is 15.9 Å². The quantitative estimate of drug-likeness (QED) is 0.923. The summed E-state index contributed by atoms with van der Waals surface area (Å²) in [7, 11) is 1.65. The van der Waals surface area contributed by atoms with Crippen molar-refractivity contribution in [3.8, 4) is 0 Å². The lowest BCUT2D eigenvalue weighted by Crippen LogP contribution is -2.40. The SMILES string of the molecule is COC(C(O)Cc1cccc(Br)c1)C(C)(C)C. The van der Waals surface area contributed by atoms with Crippen molar-refractivity contribution in [2.24, 2.45) is 5.41 Å². The van der Waals surface area contributed by atoms with E-state index in [0.717, 1.165) is 10.0 Å². The molecular weight excluding hydrogens is 280 g/mol. The minimum absolute atomic E-state index is 0.0693. The monoisotopic (exact) mass is 300 g/mol. The van der Waals surface area contributed by atoms with Crippen molar-refractivity contribution < 1.29 is 9.84 Å². The summed E-state index contributed by atoms with van der Waals surface area (Å²) in [6, 6.07) is 8.00. The standard InChI is InChI=1S/C14H21BrO2/c1-14(2,3)13(17-4)12(16)9-10-6-5-7-11(15)8-10/h5-8,12-13,16H,9H2,1-4H3. The average molecular weight is 301 g/mol. The Morgan fingerprint density at radius 3 is 2.47 bits per heavy atom. The molecule has 3 heteroatoms. The van der Waals surface area contributed by atoms with E-state index in [9.17, 15) is 5.11 Å². The second-order valence-electron chi connectivity index (χ2n) is 5.42. The number of ether oxygens (including phenoxy) is 1. The number of aliphatic hydroxyl groups excluding tert-OH is 1. The van der Waals surface area contributed by atoms with Gasteiger partial charge in [0.15, 0.2) is 0 Å². The summed E-state index contributed by atoms with van der Waals surface area (Å²) in [6.45, 7) is 6.22. The van der Waals surface area contributed by atoms with Gasteiger partial charge in [0.05, 0.1) is 12.2 Å². The van der Waals surface area contributed by atoms with Gasteiger partial charge in [-0.25, -0.2) is 0 Å². The van der Waals surface area contributed by atoms with Crippen molar-refractivity contribution in [3.63, 3.8) is 0 Å². The van der Waals surface area contributed by atoms with E-state index in [1.165, 1.54) is 0 Å². The lowest BCUT2D eigenvalue weighted by Gasteiger charge is -2.33. The fourth-order valence-corrected chi connectivity index (χ4v) is 2.55. The Balaban J connectivity index is 2.74. The number of hydrogen-bond donors (Lipinski definition) is 1. The van der Waals surface area contributed by atoms with E-state index in [1.54, 1.807) is 7.11 Å². The molecule has 0 aliphatic heterocycles. The van der Waals surface area contributed by atoms with Crippen LogP contribution in [0.1, 0.15) is 26.3 Å². The second kappa shape index (κ2) is 5.98. The van der Waals surface area contributed by atoms with Crippen LogP contribution in [-0.4, -0.2) is 24.4 Å². The molecule has 96 valence electrons. The van der Waals surface area contributed by atoms with E-state index >= 15 is 0 Å². The van der Waals surface area contributed by atoms with Gasteiger partial charge < -0.3 is 9.84 Å². The van der Waals surface area contributed by atoms with Gasteiger partial charge in [-0.2, -0.15) is 0 Å².